The van der Waals surface area contributed by atoms with Crippen LogP contribution >= 0.6 is 0 Å². The van der Waals surface area contributed by atoms with Crippen molar-refractivity contribution in [2.75, 3.05) is 6.54 Å². The molecule has 1 N–H and O–H groups in total. The summed E-state index contributed by atoms with van der Waals surface area (Å²) in [5, 5.41) is 3.63. The normalized spacial score (nSPS) is 12.3. The van der Waals surface area contributed by atoms with Crippen LogP contribution in [0.15, 0.2) is 48.8 Å². The van der Waals surface area contributed by atoms with Gasteiger partial charge in [-0.3, -0.25) is 4.98 Å². The minimum Gasteiger partial charge on any atom is -0.310 e. The maximum Gasteiger partial charge on any atom is 0.0361 e. The first kappa shape index (κ1) is 13.8. The Balaban J connectivity index is 2.13. The lowest BCUT2D eigenvalue weighted by molar-refractivity contribution is 0.528. The highest BCUT2D eigenvalue weighted by Gasteiger charge is 2.11. The maximum atomic E-state index is 4.20. The first-order valence-corrected chi connectivity index (χ1v) is 6.98. The van der Waals surface area contributed by atoms with Gasteiger partial charge in [-0.15, -0.1) is 0 Å². The Labute approximate surface area is 115 Å². The van der Waals surface area contributed by atoms with Crippen molar-refractivity contribution in [3.63, 3.8) is 0 Å². The van der Waals surface area contributed by atoms with Crippen LogP contribution in [0.1, 0.15) is 36.1 Å². The fraction of sp³-hybridized carbons (Fsp3) is 0.353. The van der Waals surface area contributed by atoms with E-state index in [9.17, 15) is 0 Å². The van der Waals surface area contributed by atoms with E-state index in [1.807, 2.05) is 18.5 Å². The monoisotopic (exact) mass is 254 g/mol. The third-order valence-electron chi connectivity index (χ3n) is 3.28. The van der Waals surface area contributed by atoms with Gasteiger partial charge in [0.05, 0.1) is 0 Å². The van der Waals surface area contributed by atoms with Gasteiger partial charge in [0.1, 0.15) is 0 Å². The van der Waals surface area contributed by atoms with Crippen LogP contribution < -0.4 is 5.32 Å². The van der Waals surface area contributed by atoms with Gasteiger partial charge in [0.2, 0.25) is 0 Å². The van der Waals surface area contributed by atoms with Crippen molar-refractivity contribution >= 4 is 0 Å². The average molecular weight is 254 g/mol. The highest BCUT2D eigenvalue weighted by Crippen LogP contribution is 2.18. The molecule has 0 saturated carbocycles. The molecule has 1 unspecified atom stereocenters. The molecule has 0 radical (unpaired) electrons. The molecule has 0 aliphatic rings. The highest BCUT2D eigenvalue weighted by molar-refractivity contribution is 5.26. The van der Waals surface area contributed by atoms with Crippen LogP contribution in [-0.2, 0) is 6.42 Å². The molecule has 0 aliphatic carbocycles. The Morgan fingerprint density at radius 1 is 1.16 bits per heavy atom. The predicted octanol–water partition coefficient (Wildman–Crippen LogP) is 3.67. The largest absolute Gasteiger partial charge is 0.310 e. The van der Waals surface area contributed by atoms with Crippen LogP contribution in [-0.4, -0.2) is 11.5 Å². The molecule has 0 amide bonds. The number of nitrogens with one attached hydrogen (secondary N) is 1. The molecule has 1 aromatic carbocycles. The Bertz CT molecular complexity index is 476. The highest BCUT2D eigenvalue weighted by atomic mass is 14.9. The molecular weight excluding hydrogens is 232 g/mol. The van der Waals surface area contributed by atoms with E-state index in [0.717, 1.165) is 19.4 Å². The van der Waals surface area contributed by atoms with Crippen molar-refractivity contribution in [2.45, 2.75) is 32.7 Å². The van der Waals surface area contributed by atoms with Crippen LogP contribution in [0, 0.1) is 6.92 Å². The molecule has 0 fully saturated rings. The third-order valence-corrected chi connectivity index (χ3v) is 3.28. The van der Waals surface area contributed by atoms with Crippen LogP contribution in [0.5, 0.6) is 0 Å². The summed E-state index contributed by atoms with van der Waals surface area (Å²) >= 11 is 0. The quantitative estimate of drug-likeness (QED) is 0.850. The second-order valence-corrected chi connectivity index (χ2v) is 4.98. The van der Waals surface area contributed by atoms with E-state index >= 15 is 0 Å². The molecule has 0 bridgehead atoms. The SMILES string of the molecule is CCCNC(Cc1cccnc1)c1ccc(C)cc1. The Morgan fingerprint density at radius 3 is 2.58 bits per heavy atom. The molecule has 0 spiro atoms. The zero-order chi connectivity index (χ0) is 13.5. The first-order chi connectivity index (χ1) is 9.29. The lowest BCUT2D eigenvalue weighted by atomic mass is 9.99. The van der Waals surface area contributed by atoms with Crippen LogP contribution in [0.25, 0.3) is 0 Å². The minimum atomic E-state index is 0.366. The summed E-state index contributed by atoms with van der Waals surface area (Å²) in [6.45, 7) is 5.36. The molecule has 2 rings (SSSR count). The molecule has 1 atom stereocenters. The van der Waals surface area contributed by atoms with Crippen molar-refractivity contribution in [1.29, 1.82) is 0 Å². The van der Waals surface area contributed by atoms with E-state index in [-0.39, 0.29) is 0 Å². The van der Waals surface area contributed by atoms with Gasteiger partial charge >= 0.3 is 0 Å². The summed E-state index contributed by atoms with van der Waals surface area (Å²) in [5.74, 6) is 0. The average Bonchev–Trinajstić information content (AvgIpc) is 2.45. The molecular formula is C17H22N2. The number of pyridine rings is 1. The topological polar surface area (TPSA) is 24.9 Å². The van der Waals surface area contributed by atoms with Gasteiger partial charge in [0, 0.05) is 18.4 Å². The molecule has 2 aromatic rings. The zero-order valence-corrected chi connectivity index (χ0v) is 11.8. The predicted molar refractivity (Wildman–Crippen MR) is 80.2 cm³/mol. The Kier molecular flexibility index (Phi) is 5.10. The summed E-state index contributed by atoms with van der Waals surface area (Å²) in [4.78, 5) is 4.20. The third kappa shape index (κ3) is 4.18. The minimum absolute atomic E-state index is 0.366. The van der Waals surface area contributed by atoms with Gasteiger partial charge in [-0.2, -0.15) is 0 Å². The Morgan fingerprint density at radius 2 is 1.95 bits per heavy atom. The van der Waals surface area contributed by atoms with Crippen molar-refractivity contribution < 1.29 is 0 Å². The van der Waals surface area contributed by atoms with Gasteiger partial charge < -0.3 is 5.32 Å². The second kappa shape index (κ2) is 7.05. The van der Waals surface area contributed by atoms with Gasteiger partial charge in [-0.05, 0) is 43.5 Å². The van der Waals surface area contributed by atoms with Crippen LogP contribution in [0.2, 0.25) is 0 Å². The van der Waals surface area contributed by atoms with Gasteiger partial charge in [-0.25, -0.2) is 0 Å². The Hall–Kier alpha value is -1.67. The fourth-order valence-electron chi connectivity index (χ4n) is 2.18. The van der Waals surface area contributed by atoms with Gasteiger partial charge in [0.15, 0.2) is 0 Å². The summed E-state index contributed by atoms with van der Waals surface area (Å²) < 4.78 is 0. The number of hydrogen-bond acceptors (Lipinski definition) is 2. The summed E-state index contributed by atoms with van der Waals surface area (Å²) in [5.41, 5.74) is 3.93. The summed E-state index contributed by atoms with van der Waals surface area (Å²) in [6.07, 6.45) is 5.91. The number of nitrogens with zero attached hydrogens (tertiary/aromatic N) is 1. The summed E-state index contributed by atoms with van der Waals surface area (Å²) in [7, 11) is 0. The molecule has 1 aromatic heterocycles. The lowest BCUT2D eigenvalue weighted by Gasteiger charge is -2.19. The maximum absolute atomic E-state index is 4.20. The van der Waals surface area contributed by atoms with E-state index < -0.39 is 0 Å². The van der Waals surface area contributed by atoms with Crippen molar-refractivity contribution in [3.8, 4) is 0 Å². The van der Waals surface area contributed by atoms with E-state index in [1.165, 1.54) is 16.7 Å². The van der Waals surface area contributed by atoms with Gasteiger partial charge in [0.25, 0.3) is 0 Å². The van der Waals surface area contributed by atoms with Crippen molar-refractivity contribution in [2.24, 2.45) is 0 Å². The zero-order valence-electron chi connectivity index (χ0n) is 11.8. The van der Waals surface area contributed by atoms with Crippen LogP contribution in [0.3, 0.4) is 0 Å². The summed E-state index contributed by atoms with van der Waals surface area (Å²) in [6, 6.07) is 13.3. The number of aryl methyl sites for hydroxylation is 1. The molecule has 0 aliphatic heterocycles. The smallest absolute Gasteiger partial charge is 0.0361 e. The number of hydrogen-bond donors (Lipinski definition) is 1. The number of benzene rings is 1. The van der Waals surface area contributed by atoms with E-state index in [1.54, 1.807) is 0 Å². The molecule has 1 heterocycles. The lowest BCUT2D eigenvalue weighted by Crippen LogP contribution is -2.24. The van der Waals surface area contributed by atoms with Crippen LogP contribution in [0.4, 0.5) is 0 Å². The van der Waals surface area contributed by atoms with E-state index in [0.29, 0.717) is 6.04 Å². The molecule has 2 nitrogen and oxygen atoms in total. The van der Waals surface area contributed by atoms with E-state index in [2.05, 4.69) is 54.5 Å². The van der Waals surface area contributed by atoms with Crippen molar-refractivity contribution in [1.82, 2.24) is 10.3 Å². The standard InChI is InChI=1S/C17H22N2/c1-3-10-19-17(12-15-5-4-11-18-13-15)16-8-6-14(2)7-9-16/h4-9,11,13,17,19H,3,10,12H2,1-2H3. The van der Waals surface area contributed by atoms with Crippen molar-refractivity contribution in [3.05, 3.63) is 65.5 Å². The van der Waals surface area contributed by atoms with E-state index in [4.69, 9.17) is 0 Å². The molecule has 0 saturated heterocycles. The molecule has 2 heteroatoms. The molecule has 19 heavy (non-hydrogen) atoms. The molecule has 100 valence electrons. The number of aromatic nitrogens is 1. The first-order valence-electron chi connectivity index (χ1n) is 6.98. The van der Waals surface area contributed by atoms with Gasteiger partial charge in [-0.1, -0.05) is 42.8 Å². The second-order valence-electron chi connectivity index (χ2n) is 4.98. The number of rotatable bonds is 6. The fourth-order valence-corrected chi connectivity index (χ4v) is 2.18.